The van der Waals surface area contributed by atoms with Gasteiger partial charge in [0, 0.05) is 28.7 Å². The molecule has 0 saturated heterocycles. The minimum atomic E-state index is -0.362. The van der Waals surface area contributed by atoms with Gasteiger partial charge in [-0.25, -0.2) is 0 Å². The maximum Gasteiger partial charge on any atom is 0.165 e. The molecule has 0 radical (unpaired) electrons. The van der Waals surface area contributed by atoms with Gasteiger partial charge in [0.15, 0.2) is 11.5 Å². The molecule has 0 bridgehead atoms. The zero-order chi connectivity index (χ0) is 14.5. The molecule has 1 aromatic carbocycles. The van der Waals surface area contributed by atoms with E-state index in [2.05, 4.69) is 5.32 Å². The minimum absolute atomic E-state index is 0.0503. The van der Waals surface area contributed by atoms with E-state index in [1.54, 1.807) is 13.2 Å². The molecule has 4 nitrogen and oxygen atoms in total. The lowest BCUT2D eigenvalue weighted by Gasteiger charge is -2.24. The van der Waals surface area contributed by atoms with Gasteiger partial charge in [0.05, 0.1) is 20.3 Å². The number of aliphatic hydroxyl groups excluding tert-OH is 1. The van der Waals surface area contributed by atoms with Crippen molar-refractivity contribution in [2.45, 2.75) is 32.9 Å². The van der Waals surface area contributed by atoms with Gasteiger partial charge in [-0.15, -0.1) is 0 Å². The molecule has 0 amide bonds. The Hall–Kier alpha value is -0.970. The van der Waals surface area contributed by atoms with Gasteiger partial charge in [-0.2, -0.15) is 0 Å². The summed E-state index contributed by atoms with van der Waals surface area (Å²) in [5, 5.41) is 13.1. The molecule has 0 unspecified atom stereocenters. The molecule has 0 saturated carbocycles. The molecule has 1 rings (SSSR count). The Morgan fingerprint density at radius 1 is 1.37 bits per heavy atom. The normalized spacial score (nSPS) is 11.5. The van der Waals surface area contributed by atoms with E-state index >= 15 is 0 Å². The molecular formula is C14H22ClNO3. The van der Waals surface area contributed by atoms with Crippen molar-refractivity contribution < 1.29 is 14.6 Å². The van der Waals surface area contributed by atoms with Crippen LogP contribution >= 0.6 is 11.6 Å². The van der Waals surface area contributed by atoms with Crippen LogP contribution in [0.2, 0.25) is 5.02 Å². The lowest BCUT2D eigenvalue weighted by Crippen LogP contribution is -2.42. The van der Waals surface area contributed by atoms with Crippen molar-refractivity contribution in [1.82, 2.24) is 5.32 Å². The van der Waals surface area contributed by atoms with Crippen LogP contribution in [0.15, 0.2) is 12.1 Å². The highest BCUT2D eigenvalue weighted by atomic mass is 35.5. The fourth-order valence-electron chi connectivity index (χ4n) is 1.60. The monoisotopic (exact) mass is 287 g/mol. The van der Waals surface area contributed by atoms with Gasteiger partial charge in [0.2, 0.25) is 0 Å². The second-order valence-corrected chi connectivity index (χ2v) is 5.36. The van der Waals surface area contributed by atoms with Gasteiger partial charge in [0.1, 0.15) is 0 Å². The Kier molecular flexibility index (Phi) is 5.91. The van der Waals surface area contributed by atoms with E-state index in [4.69, 9.17) is 21.1 Å². The molecule has 0 aliphatic rings. The zero-order valence-electron chi connectivity index (χ0n) is 11.9. The molecule has 5 heteroatoms. The summed E-state index contributed by atoms with van der Waals surface area (Å²) >= 11 is 6.07. The first kappa shape index (κ1) is 16.1. The predicted octanol–water partition coefficient (Wildman–Crippen LogP) is 2.61. The molecule has 19 heavy (non-hydrogen) atoms. The highest BCUT2D eigenvalue weighted by molar-refractivity contribution is 6.30. The van der Waals surface area contributed by atoms with Crippen LogP contribution in [0.4, 0.5) is 0 Å². The lowest BCUT2D eigenvalue weighted by atomic mass is 10.1. The predicted molar refractivity (Wildman–Crippen MR) is 77.2 cm³/mol. The topological polar surface area (TPSA) is 50.7 Å². The third kappa shape index (κ3) is 4.56. The van der Waals surface area contributed by atoms with E-state index in [1.165, 1.54) is 0 Å². The van der Waals surface area contributed by atoms with E-state index in [9.17, 15) is 5.11 Å². The first-order chi connectivity index (χ1) is 8.93. The van der Waals surface area contributed by atoms with Crippen molar-refractivity contribution in [3.05, 3.63) is 22.7 Å². The van der Waals surface area contributed by atoms with Gasteiger partial charge in [-0.1, -0.05) is 11.6 Å². The summed E-state index contributed by atoms with van der Waals surface area (Å²) in [6.45, 7) is 6.91. The van der Waals surface area contributed by atoms with E-state index in [0.717, 1.165) is 5.56 Å². The highest BCUT2D eigenvalue weighted by Crippen LogP contribution is 2.34. The summed E-state index contributed by atoms with van der Waals surface area (Å²) in [4.78, 5) is 0. The summed E-state index contributed by atoms with van der Waals surface area (Å²) in [7, 11) is 1.59. The average molecular weight is 288 g/mol. The van der Waals surface area contributed by atoms with Gasteiger partial charge in [0.25, 0.3) is 0 Å². The van der Waals surface area contributed by atoms with E-state index in [-0.39, 0.29) is 12.1 Å². The fraction of sp³-hybridized carbons (Fsp3) is 0.571. The number of rotatable bonds is 7. The summed E-state index contributed by atoms with van der Waals surface area (Å²) in [6.07, 6.45) is 0. The SMILES string of the molecule is CCOc1c(CNC(C)(C)CO)cc(Cl)cc1OC. The third-order valence-electron chi connectivity index (χ3n) is 2.76. The van der Waals surface area contributed by atoms with E-state index < -0.39 is 0 Å². The molecule has 0 atom stereocenters. The number of benzene rings is 1. The van der Waals surface area contributed by atoms with Crippen molar-refractivity contribution in [2.24, 2.45) is 0 Å². The molecule has 2 N–H and O–H groups in total. The molecule has 108 valence electrons. The maximum absolute atomic E-state index is 9.26. The zero-order valence-corrected chi connectivity index (χ0v) is 12.7. The number of hydrogen-bond acceptors (Lipinski definition) is 4. The van der Waals surface area contributed by atoms with Crippen LogP contribution in [0.25, 0.3) is 0 Å². The molecule has 0 heterocycles. The molecule has 0 fully saturated rings. The highest BCUT2D eigenvalue weighted by Gasteiger charge is 2.18. The van der Waals surface area contributed by atoms with Crippen molar-refractivity contribution in [1.29, 1.82) is 0 Å². The van der Waals surface area contributed by atoms with Crippen molar-refractivity contribution in [3.8, 4) is 11.5 Å². The summed E-state index contributed by atoms with van der Waals surface area (Å²) < 4.78 is 10.9. The van der Waals surface area contributed by atoms with Crippen molar-refractivity contribution in [2.75, 3.05) is 20.3 Å². The Morgan fingerprint density at radius 2 is 2.05 bits per heavy atom. The standard InChI is InChI=1S/C14H22ClNO3/c1-5-19-13-10(8-16-14(2,3)9-17)6-11(15)7-12(13)18-4/h6-7,16-17H,5,8-9H2,1-4H3. The first-order valence-electron chi connectivity index (χ1n) is 6.28. The minimum Gasteiger partial charge on any atom is -0.493 e. The summed E-state index contributed by atoms with van der Waals surface area (Å²) in [5.41, 5.74) is 0.548. The fourth-order valence-corrected chi connectivity index (χ4v) is 1.83. The van der Waals surface area contributed by atoms with Crippen LogP contribution in [-0.2, 0) is 6.54 Å². The Bertz CT molecular complexity index is 421. The van der Waals surface area contributed by atoms with Gasteiger partial charge < -0.3 is 19.9 Å². The van der Waals surface area contributed by atoms with Crippen LogP contribution in [0.3, 0.4) is 0 Å². The molecule has 0 spiro atoms. The van der Waals surface area contributed by atoms with Gasteiger partial charge in [-0.05, 0) is 26.8 Å². The summed E-state index contributed by atoms with van der Waals surface area (Å²) in [5.74, 6) is 1.31. The maximum atomic E-state index is 9.26. The average Bonchev–Trinajstić information content (AvgIpc) is 2.38. The largest absolute Gasteiger partial charge is 0.493 e. The van der Waals surface area contributed by atoms with E-state index in [1.807, 2.05) is 26.8 Å². The second kappa shape index (κ2) is 6.98. The smallest absolute Gasteiger partial charge is 0.165 e. The number of ether oxygens (including phenoxy) is 2. The number of hydrogen-bond donors (Lipinski definition) is 2. The first-order valence-corrected chi connectivity index (χ1v) is 6.66. The van der Waals surface area contributed by atoms with Crippen molar-refractivity contribution >= 4 is 11.6 Å². The molecular weight excluding hydrogens is 266 g/mol. The van der Waals surface area contributed by atoms with Crippen molar-refractivity contribution in [3.63, 3.8) is 0 Å². The number of nitrogens with one attached hydrogen (secondary N) is 1. The molecule has 0 aliphatic heterocycles. The van der Waals surface area contributed by atoms with Crippen LogP contribution in [-0.4, -0.2) is 31.0 Å². The van der Waals surface area contributed by atoms with Crippen LogP contribution in [0.5, 0.6) is 11.5 Å². The second-order valence-electron chi connectivity index (χ2n) is 4.92. The van der Waals surface area contributed by atoms with Gasteiger partial charge in [-0.3, -0.25) is 0 Å². The Morgan fingerprint density at radius 3 is 2.58 bits per heavy atom. The van der Waals surface area contributed by atoms with Crippen LogP contribution in [0, 0.1) is 0 Å². The number of halogens is 1. The third-order valence-corrected chi connectivity index (χ3v) is 2.98. The number of methoxy groups -OCH3 is 1. The Balaban J connectivity index is 3.00. The molecule has 0 aromatic heterocycles. The lowest BCUT2D eigenvalue weighted by molar-refractivity contribution is 0.186. The quantitative estimate of drug-likeness (QED) is 0.809. The Labute approximate surface area is 119 Å². The number of aliphatic hydroxyl groups is 1. The van der Waals surface area contributed by atoms with Crippen LogP contribution in [0.1, 0.15) is 26.3 Å². The van der Waals surface area contributed by atoms with E-state index in [0.29, 0.717) is 29.7 Å². The molecule has 1 aromatic rings. The molecule has 0 aliphatic carbocycles. The van der Waals surface area contributed by atoms with Crippen LogP contribution < -0.4 is 14.8 Å². The van der Waals surface area contributed by atoms with Gasteiger partial charge >= 0.3 is 0 Å². The summed E-state index contributed by atoms with van der Waals surface area (Å²) in [6, 6.07) is 3.57.